The first-order valence-corrected chi connectivity index (χ1v) is 7.15. The highest BCUT2D eigenvalue weighted by Crippen LogP contribution is 2.34. The fourth-order valence-electron chi connectivity index (χ4n) is 2.62. The molecule has 0 aromatic carbocycles. The lowest BCUT2D eigenvalue weighted by molar-refractivity contribution is -0.128. The summed E-state index contributed by atoms with van der Waals surface area (Å²) < 4.78 is 4.99. The second-order valence-electron chi connectivity index (χ2n) is 5.35. The molecule has 1 amide bonds. The molecule has 1 aliphatic rings. The molecule has 0 atom stereocenters. The maximum absolute atomic E-state index is 12.3. The third-order valence-electron chi connectivity index (χ3n) is 3.80. The van der Waals surface area contributed by atoms with Crippen LogP contribution >= 0.6 is 0 Å². The molecular formula is C14H20N4O2. The summed E-state index contributed by atoms with van der Waals surface area (Å²) in [4.78, 5) is 16.4. The number of nitrogens with one attached hydrogen (secondary N) is 1. The Kier molecular flexibility index (Phi) is 4.72. The minimum Gasteiger partial charge on any atom is -0.354 e. The van der Waals surface area contributed by atoms with E-state index < -0.39 is 5.41 Å². The van der Waals surface area contributed by atoms with E-state index in [4.69, 9.17) is 4.52 Å². The predicted octanol–water partition coefficient (Wildman–Crippen LogP) is 1.90. The lowest BCUT2D eigenvalue weighted by Gasteiger charge is -2.23. The van der Waals surface area contributed by atoms with Crippen LogP contribution in [-0.4, -0.2) is 22.6 Å². The Hall–Kier alpha value is -1.90. The second-order valence-corrected chi connectivity index (χ2v) is 5.35. The molecule has 0 radical (unpaired) electrons. The molecule has 2 rings (SSSR count). The van der Waals surface area contributed by atoms with Crippen molar-refractivity contribution in [1.82, 2.24) is 15.5 Å². The maximum Gasteiger partial charge on any atom is 0.240 e. The highest BCUT2D eigenvalue weighted by atomic mass is 16.5. The van der Waals surface area contributed by atoms with Gasteiger partial charge in [-0.25, -0.2) is 0 Å². The highest BCUT2D eigenvalue weighted by molar-refractivity contribution is 5.85. The van der Waals surface area contributed by atoms with Crippen LogP contribution in [0.4, 0.5) is 0 Å². The van der Waals surface area contributed by atoms with Crippen LogP contribution in [0.5, 0.6) is 0 Å². The van der Waals surface area contributed by atoms with Gasteiger partial charge in [0, 0.05) is 13.0 Å². The molecule has 108 valence electrons. The first-order chi connectivity index (χ1) is 9.66. The molecule has 0 aliphatic heterocycles. The molecule has 0 spiro atoms. The van der Waals surface area contributed by atoms with Gasteiger partial charge in [-0.3, -0.25) is 4.79 Å². The second kappa shape index (κ2) is 6.51. The molecule has 20 heavy (non-hydrogen) atoms. The van der Waals surface area contributed by atoms with Crippen LogP contribution in [-0.2, 0) is 11.2 Å². The van der Waals surface area contributed by atoms with Crippen molar-refractivity contribution in [3.8, 4) is 6.07 Å². The van der Waals surface area contributed by atoms with Crippen molar-refractivity contribution in [1.29, 1.82) is 5.26 Å². The van der Waals surface area contributed by atoms with Gasteiger partial charge >= 0.3 is 0 Å². The van der Waals surface area contributed by atoms with Crippen LogP contribution in [0.3, 0.4) is 0 Å². The lowest BCUT2D eigenvalue weighted by Crippen LogP contribution is -2.40. The Morgan fingerprint density at radius 2 is 2.10 bits per heavy atom. The summed E-state index contributed by atoms with van der Waals surface area (Å²) in [5, 5.41) is 15.9. The van der Waals surface area contributed by atoms with Crippen LogP contribution in [0.1, 0.15) is 50.2 Å². The van der Waals surface area contributed by atoms with E-state index in [1.165, 1.54) is 0 Å². The first-order valence-electron chi connectivity index (χ1n) is 7.15. The van der Waals surface area contributed by atoms with Crippen molar-refractivity contribution < 1.29 is 9.32 Å². The van der Waals surface area contributed by atoms with E-state index in [1.54, 1.807) is 6.92 Å². The van der Waals surface area contributed by atoms with Crippen molar-refractivity contribution in [2.45, 2.75) is 51.9 Å². The molecule has 1 N–H and O–H groups in total. The number of rotatable bonds is 4. The smallest absolute Gasteiger partial charge is 0.240 e. The molecule has 6 heteroatoms. The van der Waals surface area contributed by atoms with E-state index in [2.05, 4.69) is 21.5 Å². The van der Waals surface area contributed by atoms with Gasteiger partial charge in [-0.15, -0.1) is 0 Å². The Morgan fingerprint density at radius 1 is 1.40 bits per heavy atom. The van der Waals surface area contributed by atoms with Gasteiger partial charge in [0.25, 0.3) is 0 Å². The number of hydrogen-bond acceptors (Lipinski definition) is 5. The average molecular weight is 276 g/mol. The van der Waals surface area contributed by atoms with Crippen LogP contribution in [0.2, 0.25) is 0 Å². The summed E-state index contributed by atoms with van der Waals surface area (Å²) in [7, 11) is 0. The van der Waals surface area contributed by atoms with E-state index in [9.17, 15) is 10.1 Å². The number of aryl methyl sites for hydroxylation is 1. The minimum atomic E-state index is -0.846. The number of amides is 1. The third-order valence-corrected chi connectivity index (χ3v) is 3.80. The van der Waals surface area contributed by atoms with Gasteiger partial charge in [0.1, 0.15) is 5.41 Å². The van der Waals surface area contributed by atoms with E-state index in [-0.39, 0.29) is 5.91 Å². The first kappa shape index (κ1) is 14.5. The topological polar surface area (TPSA) is 91.8 Å². The molecule has 1 aromatic heterocycles. The van der Waals surface area contributed by atoms with Crippen LogP contribution in [0.15, 0.2) is 4.52 Å². The monoisotopic (exact) mass is 276 g/mol. The average Bonchev–Trinajstić information content (AvgIpc) is 2.73. The summed E-state index contributed by atoms with van der Waals surface area (Å²) in [5.74, 6) is 0.941. The Morgan fingerprint density at radius 3 is 2.65 bits per heavy atom. The molecule has 1 aliphatic carbocycles. The quantitative estimate of drug-likeness (QED) is 0.848. The number of hydrogen-bond donors (Lipinski definition) is 1. The Labute approximate surface area is 118 Å². The fourth-order valence-corrected chi connectivity index (χ4v) is 2.62. The summed E-state index contributed by atoms with van der Waals surface area (Å²) in [6.45, 7) is 2.17. The van der Waals surface area contributed by atoms with Gasteiger partial charge in [0.2, 0.25) is 11.8 Å². The van der Waals surface area contributed by atoms with Crippen LogP contribution in [0, 0.1) is 23.7 Å². The zero-order valence-corrected chi connectivity index (χ0v) is 11.8. The number of carbonyl (C=O) groups excluding carboxylic acids is 1. The molecule has 1 heterocycles. The summed E-state index contributed by atoms with van der Waals surface area (Å²) in [5.41, 5.74) is -0.846. The standard InChI is InChI=1S/C14H20N4O2/c1-11-17-12(20-18-11)6-9-16-13(19)14(10-15)7-4-2-3-5-8-14/h2-9H2,1H3,(H,16,19). The lowest BCUT2D eigenvalue weighted by atomic mass is 9.81. The SMILES string of the molecule is Cc1noc(CCNC(=O)C2(C#N)CCCCCC2)n1. The van der Waals surface area contributed by atoms with Crippen molar-refractivity contribution >= 4 is 5.91 Å². The molecule has 0 saturated heterocycles. The summed E-state index contributed by atoms with van der Waals surface area (Å²) >= 11 is 0. The molecule has 0 unspecified atom stereocenters. The number of carbonyl (C=O) groups is 1. The minimum absolute atomic E-state index is 0.155. The van der Waals surface area contributed by atoms with E-state index in [1.807, 2.05) is 0 Å². The number of aromatic nitrogens is 2. The maximum atomic E-state index is 12.3. The number of nitrogens with zero attached hydrogens (tertiary/aromatic N) is 3. The molecule has 1 fully saturated rings. The molecule has 1 aromatic rings. The molecule has 1 saturated carbocycles. The highest BCUT2D eigenvalue weighted by Gasteiger charge is 2.38. The zero-order chi connectivity index (χ0) is 14.4. The summed E-state index contributed by atoms with van der Waals surface area (Å²) in [6.07, 6.45) is 5.93. The Balaban J connectivity index is 1.87. The van der Waals surface area contributed by atoms with Crippen LogP contribution in [0.25, 0.3) is 0 Å². The molecular weight excluding hydrogens is 256 g/mol. The number of nitriles is 1. The van der Waals surface area contributed by atoms with E-state index in [0.717, 1.165) is 25.7 Å². The van der Waals surface area contributed by atoms with E-state index >= 15 is 0 Å². The fraction of sp³-hybridized carbons (Fsp3) is 0.714. The third kappa shape index (κ3) is 3.35. The normalized spacial score (nSPS) is 18.0. The van der Waals surface area contributed by atoms with Crippen molar-refractivity contribution in [2.24, 2.45) is 5.41 Å². The van der Waals surface area contributed by atoms with Gasteiger partial charge in [-0.1, -0.05) is 30.8 Å². The molecule has 6 nitrogen and oxygen atoms in total. The summed E-state index contributed by atoms with van der Waals surface area (Å²) in [6, 6.07) is 2.25. The van der Waals surface area contributed by atoms with Crippen molar-refractivity contribution in [2.75, 3.05) is 6.54 Å². The Bertz CT molecular complexity index is 496. The van der Waals surface area contributed by atoms with Gasteiger partial charge in [-0.2, -0.15) is 10.2 Å². The van der Waals surface area contributed by atoms with Gasteiger partial charge < -0.3 is 9.84 Å². The van der Waals surface area contributed by atoms with Crippen molar-refractivity contribution in [3.63, 3.8) is 0 Å². The van der Waals surface area contributed by atoms with E-state index in [0.29, 0.717) is 37.5 Å². The van der Waals surface area contributed by atoms with Crippen molar-refractivity contribution in [3.05, 3.63) is 11.7 Å². The zero-order valence-electron chi connectivity index (χ0n) is 11.8. The predicted molar refractivity (Wildman–Crippen MR) is 71.5 cm³/mol. The van der Waals surface area contributed by atoms with Gasteiger partial charge in [-0.05, 0) is 19.8 Å². The molecule has 0 bridgehead atoms. The van der Waals surface area contributed by atoms with Gasteiger partial charge in [0.05, 0.1) is 6.07 Å². The van der Waals surface area contributed by atoms with Crippen LogP contribution < -0.4 is 5.32 Å². The van der Waals surface area contributed by atoms with Gasteiger partial charge in [0.15, 0.2) is 5.82 Å². The largest absolute Gasteiger partial charge is 0.354 e.